The third kappa shape index (κ3) is 2.15. The van der Waals surface area contributed by atoms with E-state index in [2.05, 4.69) is 26.9 Å². The molecule has 2 N–H and O–H groups in total. The van der Waals surface area contributed by atoms with Crippen LogP contribution in [0, 0.1) is 0 Å². The van der Waals surface area contributed by atoms with Crippen LogP contribution < -0.4 is 5.73 Å². The molecule has 0 saturated heterocycles. The number of imidazole rings is 1. The summed E-state index contributed by atoms with van der Waals surface area (Å²) in [6.45, 7) is 2.04. The van der Waals surface area contributed by atoms with E-state index in [4.69, 9.17) is 5.73 Å². The first kappa shape index (κ1) is 11.4. The van der Waals surface area contributed by atoms with Crippen molar-refractivity contribution in [3.63, 3.8) is 0 Å². The van der Waals surface area contributed by atoms with Crippen LogP contribution in [0.15, 0.2) is 12.7 Å². The van der Waals surface area contributed by atoms with Crippen molar-refractivity contribution in [3.8, 4) is 0 Å². The third-order valence-corrected chi connectivity index (χ3v) is 3.51. The molecule has 1 aliphatic rings. The van der Waals surface area contributed by atoms with Crippen molar-refractivity contribution >= 4 is 17.0 Å². The van der Waals surface area contributed by atoms with E-state index < -0.39 is 0 Å². The number of nitrogen functional groups attached to an aromatic ring is 1. The summed E-state index contributed by atoms with van der Waals surface area (Å²) in [5.41, 5.74) is 7.29. The SMILES string of the molecule is CN(CCCn1cnc2c(N)ncnc21)C1CC1. The molecule has 0 unspecified atom stereocenters. The summed E-state index contributed by atoms with van der Waals surface area (Å²) in [6, 6.07) is 0.822. The van der Waals surface area contributed by atoms with E-state index in [0.29, 0.717) is 11.3 Å². The minimum absolute atomic E-state index is 0.453. The van der Waals surface area contributed by atoms with Crippen LogP contribution in [-0.4, -0.2) is 44.1 Å². The van der Waals surface area contributed by atoms with Crippen LogP contribution in [0.25, 0.3) is 11.2 Å². The highest BCUT2D eigenvalue weighted by atomic mass is 15.2. The summed E-state index contributed by atoms with van der Waals surface area (Å²) in [4.78, 5) is 14.9. The molecule has 2 aromatic rings. The van der Waals surface area contributed by atoms with Gasteiger partial charge in [-0.1, -0.05) is 0 Å². The van der Waals surface area contributed by atoms with E-state index in [1.54, 1.807) is 6.33 Å². The molecule has 2 heterocycles. The van der Waals surface area contributed by atoms with Gasteiger partial charge < -0.3 is 15.2 Å². The molecule has 0 radical (unpaired) electrons. The summed E-state index contributed by atoms with van der Waals surface area (Å²) in [6.07, 6.45) is 7.10. The van der Waals surface area contributed by atoms with Crippen molar-refractivity contribution in [2.24, 2.45) is 0 Å². The highest BCUT2D eigenvalue weighted by molar-refractivity contribution is 5.80. The molecular formula is C12H18N6. The zero-order valence-electron chi connectivity index (χ0n) is 10.6. The molecule has 96 valence electrons. The first-order chi connectivity index (χ1) is 8.75. The fraction of sp³-hybridized carbons (Fsp3) is 0.583. The van der Waals surface area contributed by atoms with E-state index in [9.17, 15) is 0 Å². The molecule has 18 heavy (non-hydrogen) atoms. The van der Waals surface area contributed by atoms with Gasteiger partial charge in [0.05, 0.1) is 6.33 Å². The largest absolute Gasteiger partial charge is 0.382 e. The molecule has 0 aliphatic heterocycles. The first-order valence-electron chi connectivity index (χ1n) is 6.37. The maximum Gasteiger partial charge on any atom is 0.165 e. The second kappa shape index (κ2) is 4.53. The second-order valence-electron chi connectivity index (χ2n) is 4.93. The van der Waals surface area contributed by atoms with Crippen molar-refractivity contribution in [3.05, 3.63) is 12.7 Å². The number of nitrogens with zero attached hydrogens (tertiary/aromatic N) is 5. The lowest BCUT2D eigenvalue weighted by atomic mass is 10.3. The Bertz CT molecular complexity index is 544. The van der Waals surface area contributed by atoms with Crippen LogP contribution in [0.1, 0.15) is 19.3 Å². The molecule has 0 bridgehead atoms. The minimum atomic E-state index is 0.453. The molecule has 0 atom stereocenters. The van der Waals surface area contributed by atoms with Crippen molar-refractivity contribution in [2.45, 2.75) is 31.8 Å². The molecule has 6 heteroatoms. The zero-order chi connectivity index (χ0) is 12.5. The maximum absolute atomic E-state index is 5.76. The Morgan fingerprint density at radius 3 is 3.00 bits per heavy atom. The van der Waals surface area contributed by atoms with Crippen molar-refractivity contribution in [1.29, 1.82) is 0 Å². The highest BCUT2D eigenvalue weighted by Gasteiger charge is 2.25. The van der Waals surface area contributed by atoms with E-state index >= 15 is 0 Å². The Labute approximate surface area is 106 Å². The van der Waals surface area contributed by atoms with Gasteiger partial charge in [-0.15, -0.1) is 0 Å². The number of rotatable bonds is 5. The lowest BCUT2D eigenvalue weighted by molar-refractivity contribution is 0.312. The first-order valence-corrected chi connectivity index (χ1v) is 6.37. The van der Waals surface area contributed by atoms with Crippen LogP contribution in [-0.2, 0) is 6.54 Å². The number of hydrogen-bond donors (Lipinski definition) is 1. The van der Waals surface area contributed by atoms with E-state index in [-0.39, 0.29) is 0 Å². The average molecular weight is 246 g/mol. The lowest BCUT2D eigenvalue weighted by Crippen LogP contribution is -2.22. The fourth-order valence-corrected chi connectivity index (χ4v) is 2.25. The molecule has 3 rings (SSSR count). The molecule has 1 aliphatic carbocycles. The van der Waals surface area contributed by atoms with Gasteiger partial charge in [0, 0.05) is 12.6 Å². The Hall–Kier alpha value is -1.69. The molecule has 0 aromatic carbocycles. The van der Waals surface area contributed by atoms with Crippen molar-refractivity contribution in [1.82, 2.24) is 24.4 Å². The summed E-state index contributed by atoms with van der Waals surface area (Å²) in [5, 5.41) is 0. The number of nitrogens with two attached hydrogens (primary N) is 1. The molecule has 2 aromatic heterocycles. The topological polar surface area (TPSA) is 72.9 Å². The fourth-order valence-electron chi connectivity index (χ4n) is 2.25. The quantitative estimate of drug-likeness (QED) is 0.848. The van der Waals surface area contributed by atoms with Crippen molar-refractivity contribution < 1.29 is 0 Å². The Morgan fingerprint density at radius 1 is 1.39 bits per heavy atom. The van der Waals surface area contributed by atoms with Gasteiger partial charge in [0.25, 0.3) is 0 Å². The van der Waals surface area contributed by atoms with Crippen LogP contribution in [0.3, 0.4) is 0 Å². The Balaban J connectivity index is 1.65. The number of hydrogen-bond acceptors (Lipinski definition) is 5. The number of aromatic nitrogens is 4. The smallest absolute Gasteiger partial charge is 0.165 e. The third-order valence-electron chi connectivity index (χ3n) is 3.51. The number of fused-ring (bicyclic) bond motifs is 1. The molecule has 0 amide bonds. The molecule has 1 saturated carbocycles. The summed E-state index contributed by atoms with van der Waals surface area (Å²) in [5.74, 6) is 0.453. The van der Waals surface area contributed by atoms with Gasteiger partial charge in [0.15, 0.2) is 11.5 Å². The molecule has 6 nitrogen and oxygen atoms in total. The lowest BCUT2D eigenvalue weighted by Gasteiger charge is -2.15. The molecule has 1 fully saturated rings. The van der Waals surface area contributed by atoms with Crippen LogP contribution in [0.2, 0.25) is 0 Å². The van der Waals surface area contributed by atoms with Gasteiger partial charge >= 0.3 is 0 Å². The Kier molecular flexibility index (Phi) is 2.87. The molecular weight excluding hydrogens is 228 g/mol. The van der Waals surface area contributed by atoms with E-state index in [1.807, 2.05) is 4.57 Å². The predicted octanol–water partition coefficient (Wildman–Crippen LogP) is 0.893. The average Bonchev–Trinajstić information content (AvgIpc) is 3.13. The summed E-state index contributed by atoms with van der Waals surface area (Å²) in [7, 11) is 2.20. The number of anilines is 1. The van der Waals surface area contributed by atoms with Crippen LogP contribution in [0.5, 0.6) is 0 Å². The normalized spacial score (nSPS) is 15.7. The maximum atomic E-state index is 5.76. The monoisotopic (exact) mass is 246 g/mol. The molecule has 0 spiro atoms. The van der Waals surface area contributed by atoms with Crippen LogP contribution >= 0.6 is 0 Å². The predicted molar refractivity (Wildman–Crippen MR) is 70.0 cm³/mol. The minimum Gasteiger partial charge on any atom is -0.382 e. The van der Waals surface area contributed by atoms with E-state index in [0.717, 1.165) is 31.2 Å². The van der Waals surface area contributed by atoms with Gasteiger partial charge in [-0.05, 0) is 32.9 Å². The summed E-state index contributed by atoms with van der Waals surface area (Å²) < 4.78 is 2.05. The van der Waals surface area contributed by atoms with Gasteiger partial charge in [-0.2, -0.15) is 0 Å². The number of aryl methyl sites for hydroxylation is 1. The van der Waals surface area contributed by atoms with E-state index in [1.165, 1.54) is 19.2 Å². The van der Waals surface area contributed by atoms with Gasteiger partial charge in [0.2, 0.25) is 0 Å². The van der Waals surface area contributed by atoms with Gasteiger partial charge in [0.1, 0.15) is 11.8 Å². The summed E-state index contributed by atoms with van der Waals surface area (Å²) >= 11 is 0. The zero-order valence-corrected chi connectivity index (χ0v) is 10.6. The highest BCUT2D eigenvalue weighted by Crippen LogP contribution is 2.25. The van der Waals surface area contributed by atoms with Gasteiger partial charge in [-0.3, -0.25) is 0 Å². The van der Waals surface area contributed by atoms with Crippen molar-refractivity contribution in [2.75, 3.05) is 19.3 Å². The van der Waals surface area contributed by atoms with Crippen LogP contribution in [0.4, 0.5) is 5.82 Å². The van der Waals surface area contributed by atoms with Gasteiger partial charge in [-0.25, -0.2) is 15.0 Å². The Morgan fingerprint density at radius 2 is 2.22 bits per heavy atom. The second-order valence-corrected chi connectivity index (χ2v) is 4.93. The standard InChI is InChI=1S/C12H18N6/c1-17(9-3-4-9)5-2-6-18-8-16-10-11(13)14-7-15-12(10)18/h7-9H,2-6H2,1H3,(H2,13,14,15).